The average molecular weight is 314 g/mol. The van der Waals surface area contributed by atoms with Crippen molar-refractivity contribution in [1.29, 1.82) is 0 Å². The van der Waals surface area contributed by atoms with Gasteiger partial charge in [-0.1, -0.05) is 60.1 Å². The van der Waals surface area contributed by atoms with Gasteiger partial charge < -0.3 is 0 Å². The van der Waals surface area contributed by atoms with Crippen molar-refractivity contribution in [3.05, 3.63) is 70.6 Å². The summed E-state index contributed by atoms with van der Waals surface area (Å²) in [5.41, 5.74) is 5.83. The molecule has 0 aliphatic heterocycles. The summed E-state index contributed by atoms with van der Waals surface area (Å²) in [6, 6.07) is 17.6. The van der Waals surface area contributed by atoms with Crippen LogP contribution in [0.25, 0.3) is 11.3 Å². The highest BCUT2D eigenvalue weighted by Gasteiger charge is 2.02. The van der Waals surface area contributed by atoms with Crippen molar-refractivity contribution in [1.82, 2.24) is 4.98 Å². The molecule has 3 aromatic rings. The fourth-order valence-electron chi connectivity index (χ4n) is 1.80. The molecule has 0 fully saturated rings. The molecule has 0 bridgehead atoms. The minimum Gasteiger partial charge on any atom is -0.253 e. The molecule has 0 unspecified atom stereocenters. The summed E-state index contributed by atoms with van der Waals surface area (Å²) < 4.78 is 0. The molecule has 0 aliphatic carbocycles. The van der Waals surface area contributed by atoms with E-state index in [0.717, 1.165) is 22.0 Å². The van der Waals surface area contributed by atoms with Crippen LogP contribution in [0.1, 0.15) is 5.56 Å². The summed E-state index contributed by atoms with van der Waals surface area (Å²) >= 11 is 7.57. The third-order valence-corrected chi connectivity index (χ3v) is 3.93. The zero-order chi connectivity index (χ0) is 14.5. The molecule has 3 rings (SSSR count). The van der Waals surface area contributed by atoms with Crippen LogP contribution in [0, 0.1) is 0 Å². The number of benzene rings is 2. The Morgan fingerprint density at radius 2 is 1.81 bits per heavy atom. The molecule has 0 aliphatic rings. The van der Waals surface area contributed by atoms with Crippen LogP contribution in [0.5, 0.6) is 0 Å². The second-order valence-electron chi connectivity index (χ2n) is 4.30. The zero-order valence-electron chi connectivity index (χ0n) is 11.0. The molecule has 1 aromatic heterocycles. The molecular weight excluding hydrogens is 302 g/mol. The summed E-state index contributed by atoms with van der Waals surface area (Å²) in [6.45, 7) is 0. The maximum atomic E-state index is 6.06. The first-order chi connectivity index (χ1) is 10.3. The maximum Gasteiger partial charge on any atom is 0.203 e. The highest BCUT2D eigenvalue weighted by atomic mass is 35.5. The number of nitrogens with one attached hydrogen (secondary N) is 1. The first-order valence-electron chi connectivity index (χ1n) is 6.37. The molecule has 0 radical (unpaired) electrons. The van der Waals surface area contributed by atoms with Gasteiger partial charge >= 0.3 is 0 Å². The van der Waals surface area contributed by atoms with E-state index in [2.05, 4.69) is 15.5 Å². The standard InChI is InChI=1S/C16H12ClN3S/c17-14-9-5-4-8-13(14)10-18-20-16-19-15(11-21-16)12-6-2-1-3-7-12/h1-11H,(H,19,20)/b18-10-. The average Bonchev–Trinajstić information content (AvgIpc) is 2.99. The first kappa shape index (κ1) is 13.8. The van der Waals surface area contributed by atoms with Gasteiger partial charge in [0.25, 0.3) is 0 Å². The number of rotatable bonds is 4. The van der Waals surface area contributed by atoms with Crippen LogP contribution in [-0.2, 0) is 0 Å². The van der Waals surface area contributed by atoms with Crippen LogP contribution >= 0.6 is 22.9 Å². The van der Waals surface area contributed by atoms with Crippen molar-refractivity contribution >= 4 is 34.3 Å². The van der Waals surface area contributed by atoms with Crippen LogP contribution in [0.4, 0.5) is 5.13 Å². The van der Waals surface area contributed by atoms with Crippen molar-refractivity contribution in [2.45, 2.75) is 0 Å². The predicted octanol–water partition coefficient (Wildman–Crippen LogP) is 4.91. The van der Waals surface area contributed by atoms with Crippen LogP contribution in [0.2, 0.25) is 5.02 Å². The number of anilines is 1. The normalized spacial score (nSPS) is 10.9. The molecule has 0 saturated heterocycles. The predicted molar refractivity (Wildman–Crippen MR) is 90.2 cm³/mol. The quantitative estimate of drug-likeness (QED) is 0.549. The van der Waals surface area contributed by atoms with Crippen LogP contribution in [0.15, 0.2) is 65.1 Å². The lowest BCUT2D eigenvalue weighted by molar-refractivity contribution is 1.29. The third kappa shape index (κ3) is 3.48. The molecule has 0 saturated carbocycles. The largest absolute Gasteiger partial charge is 0.253 e. The number of aromatic nitrogens is 1. The van der Waals surface area contributed by atoms with Crippen LogP contribution < -0.4 is 5.43 Å². The minimum absolute atomic E-state index is 0.673. The van der Waals surface area contributed by atoms with Crippen LogP contribution in [-0.4, -0.2) is 11.2 Å². The summed E-state index contributed by atoms with van der Waals surface area (Å²) in [4.78, 5) is 4.49. The topological polar surface area (TPSA) is 37.3 Å². The van der Waals surface area contributed by atoms with E-state index in [4.69, 9.17) is 11.6 Å². The molecule has 21 heavy (non-hydrogen) atoms. The molecule has 104 valence electrons. The Labute approximate surface area is 131 Å². The Kier molecular flexibility index (Phi) is 4.28. The molecule has 1 heterocycles. The van der Waals surface area contributed by atoms with Gasteiger partial charge in [-0.3, -0.25) is 5.43 Å². The monoisotopic (exact) mass is 313 g/mol. The van der Waals surface area contributed by atoms with Crippen molar-refractivity contribution in [2.24, 2.45) is 5.10 Å². The van der Waals surface area contributed by atoms with Crippen molar-refractivity contribution in [3.63, 3.8) is 0 Å². The van der Waals surface area contributed by atoms with E-state index in [-0.39, 0.29) is 0 Å². The first-order valence-corrected chi connectivity index (χ1v) is 7.63. The number of thiazole rings is 1. The van der Waals surface area contributed by atoms with Gasteiger partial charge in [-0.25, -0.2) is 4.98 Å². The van der Waals surface area contributed by atoms with Gasteiger partial charge in [0.05, 0.1) is 11.9 Å². The molecule has 1 N–H and O–H groups in total. The van der Waals surface area contributed by atoms with Crippen molar-refractivity contribution in [2.75, 3.05) is 5.43 Å². The Morgan fingerprint density at radius 3 is 2.62 bits per heavy atom. The lowest BCUT2D eigenvalue weighted by Gasteiger charge is -1.97. The van der Waals surface area contributed by atoms with Gasteiger partial charge in [0.15, 0.2) is 0 Å². The molecule has 0 amide bonds. The van der Waals surface area contributed by atoms with Gasteiger partial charge in [0, 0.05) is 21.5 Å². The summed E-state index contributed by atoms with van der Waals surface area (Å²) in [7, 11) is 0. The van der Waals surface area contributed by atoms with E-state index in [0.29, 0.717) is 5.02 Å². The Hall–Kier alpha value is -2.17. The zero-order valence-corrected chi connectivity index (χ0v) is 12.6. The van der Waals surface area contributed by atoms with E-state index in [1.807, 2.05) is 60.0 Å². The molecule has 5 heteroatoms. The second-order valence-corrected chi connectivity index (χ2v) is 5.56. The van der Waals surface area contributed by atoms with E-state index < -0.39 is 0 Å². The van der Waals surface area contributed by atoms with Crippen molar-refractivity contribution in [3.8, 4) is 11.3 Å². The number of nitrogens with zero attached hydrogens (tertiary/aromatic N) is 2. The Balaban J connectivity index is 1.70. The lowest BCUT2D eigenvalue weighted by Crippen LogP contribution is -1.90. The van der Waals surface area contributed by atoms with Gasteiger partial charge in [-0.05, 0) is 6.07 Å². The molecular formula is C16H12ClN3S. The van der Waals surface area contributed by atoms with Gasteiger partial charge in [0.2, 0.25) is 5.13 Å². The summed E-state index contributed by atoms with van der Waals surface area (Å²) in [5, 5.41) is 7.59. The van der Waals surface area contributed by atoms with Gasteiger partial charge in [0.1, 0.15) is 0 Å². The smallest absolute Gasteiger partial charge is 0.203 e. The third-order valence-electron chi connectivity index (χ3n) is 2.84. The number of halogens is 1. The van der Waals surface area contributed by atoms with E-state index in [1.165, 1.54) is 11.3 Å². The van der Waals surface area contributed by atoms with E-state index in [9.17, 15) is 0 Å². The van der Waals surface area contributed by atoms with E-state index >= 15 is 0 Å². The highest BCUT2D eigenvalue weighted by Crippen LogP contribution is 2.24. The second kappa shape index (κ2) is 6.52. The van der Waals surface area contributed by atoms with Crippen LogP contribution in [0.3, 0.4) is 0 Å². The Morgan fingerprint density at radius 1 is 1.05 bits per heavy atom. The van der Waals surface area contributed by atoms with Crippen molar-refractivity contribution < 1.29 is 0 Å². The molecule has 0 atom stereocenters. The SMILES string of the molecule is Clc1ccccc1/C=N\Nc1nc(-c2ccccc2)cs1. The fraction of sp³-hybridized carbons (Fsp3) is 0. The number of hydrogen-bond acceptors (Lipinski definition) is 4. The molecule has 0 spiro atoms. The molecule has 3 nitrogen and oxygen atoms in total. The van der Waals surface area contributed by atoms with Gasteiger partial charge in [-0.15, -0.1) is 11.3 Å². The van der Waals surface area contributed by atoms with Gasteiger partial charge in [-0.2, -0.15) is 5.10 Å². The Bertz CT molecular complexity index is 753. The summed E-state index contributed by atoms with van der Waals surface area (Å²) in [6.07, 6.45) is 1.69. The minimum atomic E-state index is 0.673. The lowest BCUT2D eigenvalue weighted by atomic mass is 10.2. The fourth-order valence-corrected chi connectivity index (χ4v) is 2.66. The summed E-state index contributed by atoms with van der Waals surface area (Å²) in [5.74, 6) is 0. The molecule has 2 aromatic carbocycles. The van der Waals surface area contributed by atoms with E-state index in [1.54, 1.807) is 6.21 Å². The number of hydrogen-bond donors (Lipinski definition) is 1. The highest BCUT2D eigenvalue weighted by molar-refractivity contribution is 7.14. The maximum absolute atomic E-state index is 6.06. The number of hydrazone groups is 1.